The molecule has 0 aliphatic carbocycles. The van der Waals surface area contributed by atoms with Crippen molar-refractivity contribution in [2.45, 2.75) is 32.4 Å². The molecule has 0 bridgehead atoms. The second-order valence-corrected chi connectivity index (χ2v) is 6.94. The first kappa shape index (κ1) is 18.9. The average Bonchev–Trinajstić information content (AvgIpc) is 3.37. The summed E-state index contributed by atoms with van der Waals surface area (Å²) in [5.74, 6) is 0.934. The molecule has 2 aromatic carbocycles. The first-order valence-electron chi connectivity index (χ1n) is 9.43. The van der Waals surface area contributed by atoms with Gasteiger partial charge in [-0.1, -0.05) is 17.3 Å². The Morgan fingerprint density at radius 3 is 2.93 bits per heavy atom. The van der Waals surface area contributed by atoms with Crippen LogP contribution in [0.3, 0.4) is 0 Å². The van der Waals surface area contributed by atoms with Crippen LogP contribution in [0.4, 0.5) is 14.9 Å². The highest BCUT2D eigenvalue weighted by Crippen LogP contribution is 2.31. The molecule has 1 atom stereocenters. The number of hydrogen-bond acceptors (Lipinski definition) is 5. The Morgan fingerprint density at radius 1 is 1.31 bits per heavy atom. The number of rotatable bonds is 5. The molecule has 1 unspecified atom stereocenters. The fourth-order valence-electron chi connectivity index (χ4n) is 3.33. The van der Waals surface area contributed by atoms with E-state index in [0.717, 1.165) is 24.1 Å². The molecule has 0 saturated carbocycles. The molecule has 150 valence electrons. The fourth-order valence-corrected chi connectivity index (χ4v) is 3.33. The Balaban J connectivity index is 1.39. The molecule has 3 aromatic rings. The van der Waals surface area contributed by atoms with E-state index in [1.165, 1.54) is 24.3 Å². The molecule has 8 heteroatoms. The lowest BCUT2D eigenvalue weighted by atomic mass is 10.2. The number of carbonyl (C=O) groups is 1. The van der Waals surface area contributed by atoms with E-state index >= 15 is 0 Å². The molecule has 1 aliphatic rings. The summed E-state index contributed by atoms with van der Waals surface area (Å²) in [4.78, 5) is 18.8. The van der Waals surface area contributed by atoms with Crippen molar-refractivity contribution in [2.24, 2.45) is 0 Å². The highest BCUT2D eigenvalue weighted by atomic mass is 19.1. The molecular formula is C21H21FN4O3. The van der Waals surface area contributed by atoms with Gasteiger partial charge >= 0.3 is 6.03 Å². The van der Waals surface area contributed by atoms with Crippen LogP contribution in [0.1, 0.15) is 36.2 Å². The Bertz CT molecular complexity index is 990. The Morgan fingerprint density at radius 2 is 2.14 bits per heavy atom. The van der Waals surface area contributed by atoms with Gasteiger partial charge in [0, 0.05) is 12.2 Å². The normalized spacial score (nSPS) is 16.1. The van der Waals surface area contributed by atoms with Crippen LogP contribution in [-0.4, -0.2) is 27.6 Å². The molecule has 1 saturated heterocycles. The van der Waals surface area contributed by atoms with Crippen LogP contribution in [-0.2, 0) is 6.61 Å². The number of hydrogen-bond donors (Lipinski definition) is 1. The van der Waals surface area contributed by atoms with Gasteiger partial charge in [-0.2, -0.15) is 4.98 Å². The lowest BCUT2D eigenvalue weighted by Gasteiger charge is -2.22. The molecule has 0 radical (unpaired) electrons. The summed E-state index contributed by atoms with van der Waals surface area (Å²) >= 11 is 0. The van der Waals surface area contributed by atoms with Gasteiger partial charge < -0.3 is 19.5 Å². The largest absolute Gasteiger partial charge is 0.484 e. The molecular weight excluding hydrogens is 375 g/mol. The molecule has 2 amide bonds. The van der Waals surface area contributed by atoms with Gasteiger partial charge in [-0.25, -0.2) is 9.18 Å². The number of ether oxygens (including phenoxy) is 1. The third-order valence-corrected chi connectivity index (χ3v) is 4.74. The maximum absolute atomic E-state index is 13.0. The van der Waals surface area contributed by atoms with E-state index in [1.807, 2.05) is 31.2 Å². The molecule has 7 nitrogen and oxygen atoms in total. The lowest BCUT2D eigenvalue weighted by molar-refractivity contribution is 0.203. The number of aryl methyl sites for hydroxylation is 1. The molecule has 1 aliphatic heterocycles. The minimum absolute atomic E-state index is 0.0703. The van der Waals surface area contributed by atoms with Gasteiger partial charge in [0.05, 0.1) is 6.04 Å². The van der Waals surface area contributed by atoms with E-state index in [4.69, 9.17) is 9.26 Å². The number of amides is 2. The fraction of sp³-hybridized carbons (Fsp3) is 0.286. The Labute approximate surface area is 167 Å². The van der Waals surface area contributed by atoms with Crippen molar-refractivity contribution in [3.8, 4) is 5.75 Å². The van der Waals surface area contributed by atoms with Crippen molar-refractivity contribution in [2.75, 3.05) is 11.9 Å². The summed E-state index contributed by atoms with van der Waals surface area (Å²) in [6, 6.07) is 12.9. The molecule has 1 N–H and O–H groups in total. The van der Waals surface area contributed by atoms with E-state index in [2.05, 4.69) is 15.5 Å². The van der Waals surface area contributed by atoms with Gasteiger partial charge in [0.1, 0.15) is 11.6 Å². The van der Waals surface area contributed by atoms with Crippen LogP contribution in [0.25, 0.3) is 0 Å². The number of anilines is 1. The number of halogens is 1. The summed E-state index contributed by atoms with van der Waals surface area (Å²) in [5, 5.41) is 6.96. The van der Waals surface area contributed by atoms with Crippen molar-refractivity contribution < 1.29 is 18.4 Å². The summed E-state index contributed by atoms with van der Waals surface area (Å²) in [6.07, 6.45) is 1.63. The number of nitrogens with zero attached hydrogens (tertiary/aromatic N) is 3. The zero-order valence-electron chi connectivity index (χ0n) is 16.0. The Hall–Kier alpha value is -3.42. The maximum Gasteiger partial charge on any atom is 0.322 e. The highest BCUT2D eigenvalue weighted by Gasteiger charge is 2.33. The summed E-state index contributed by atoms with van der Waals surface area (Å²) in [6.45, 7) is 2.67. The summed E-state index contributed by atoms with van der Waals surface area (Å²) in [5.41, 5.74) is 1.83. The van der Waals surface area contributed by atoms with Crippen LogP contribution in [0.2, 0.25) is 0 Å². The topological polar surface area (TPSA) is 80.5 Å². The van der Waals surface area contributed by atoms with Crippen molar-refractivity contribution in [1.29, 1.82) is 0 Å². The van der Waals surface area contributed by atoms with Crippen molar-refractivity contribution in [3.63, 3.8) is 0 Å². The third-order valence-electron chi connectivity index (χ3n) is 4.74. The molecule has 29 heavy (non-hydrogen) atoms. The number of nitrogens with one attached hydrogen (secondary N) is 1. The second-order valence-electron chi connectivity index (χ2n) is 6.94. The molecule has 4 rings (SSSR count). The van der Waals surface area contributed by atoms with Crippen LogP contribution in [0.15, 0.2) is 53.1 Å². The lowest BCUT2D eigenvalue weighted by Crippen LogP contribution is -2.34. The number of likely N-dealkylation sites (tertiary alicyclic amines) is 1. The SMILES string of the molecule is Cc1cccc(NC(=O)N2CCCC2c2noc(COc3ccc(F)cc3)n2)c1. The zero-order valence-corrected chi connectivity index (χ0v) is 16.0. The molecule has 1 aromatic heterocycles. The van der Waals surface area contributed by atoms with Crippen LogP contribution < -0.4 is 10.1 Å². The number of aromatic nitrogens is 2. The average molecular weight is 396 g/mol. The smallest absolute Gasteiger partial charge is 0.322 e. The molecule has 2 heterocycles. The summed E-state index contributed by atoms with van der Waals surface area (Å²) < 4.78 is 23.7. The predicted molar refractivity (Wildman–Crippen MR) is 104 cm³/mol. The van der Waals surface area contributed by atoms with Gasteiger partial charge in [-0.3, -0.25) is 0 Å². The standard InChI is InChI=1S/C21H21FN4O3/c1-14-4-2-5-16(12-14)23-21(27)26-11-3-6-18(26)20-24-19(29-25-20)13-28-17-9-7-15(22)8-10-17/h2,4-5,7-10,12,18H,3,6,11,13H2,1H3,(H,23,27). The predicted octanol–water partition coefficient (Wildman–Crippen LogP) is 4.47. The number of urea groups is 1. The van der Waals surface area contributed by atoms with Gasteiger partial charge in [-0.15, -0.1) is 0 Å². The number of carbonyl (C=O) groups excluding carboxylic acids is 1. The monoisotopic (exact) mass is 396 g/mol. The van der Waals surface area contributed by atoms with Crippen LogP contribution in [0, 0.1) is 12.7 Å². The molecule has 0 spiro atoms. The third kappa shape index (κ3) is 4.53. The van der Waals surface area contributed by atoms with E-state index in [-0.39, 0.29) is 24.5 Å². The number of benzene rings is 2. The van der Waals surface area contributed by atoms with E-state index in [0.29, 0.717) is 24.0 Å². The van der Waals surface area contributed by atoms with Crippen molar-refractivity contribution in [3.05, 3.63) is 71.6 Å². The quantitative estimate of drug-likeness (QED) is 0.688. The Kier molecular flexibility index (Phi) is 5.41. The van der Waals surface area contributed by atoms with E-state index in [9.17, 15) is 9.18 Å². The highest BCUT2D eigenvalue weighted by molar-refractivity contribution is 5.89. The van der Waals surface area contributed by atoms with Crippen molar-refractivity contribution >= 4 is 11.7 Å². The minimum atomic E-state index is -0.331. The van der Waals surface area contributed by atoms with Gasteiger partial charge in [-0.05, 0) is 61.7 Å². The van der Waals surface area contributed by atoms with Gasteiger partial charge in [0.15, 0.2) is 12.4 Å². The molecule has 1 fully saturated rings. The first-order chi connectivity index (χ1) is 14.1. The minimum Gasteiger partial charge on any atom is -0.484 e. The second kappa shape index (κ2) is 8.30. The van der Waals surface area contributed by atoms with E-state index in [1.54, 1.807) is 4.90 Å². The van der Waals surface area contributed by atoms with Gasteiger partial charge in [0.2, 0.25) is 0 Å². The first-order valence-corrected chi connectivity index (χ1v) is 9.43. The van der Waals surface area contributed by atoms with Crippen LogP contribution >= 0.6 is 0 Å². The zero-order chi connectivity index (χ0) is 20.2. The van der Waals surface area contributed by atoms with Crippen molar-refractivity contribution in [1.82, 2.24) is 15.0 Å². The summed E-state index contributed by atoms with van der Waals surface area (Å²) in [7, 11) is 0. The maximum atomic E-state index is 13.0. The van der Waals surface area contributed by atoms with Crippen LogP contribution in [0.5, 0.6) is 5.75 Å². The van der Waals surface area contributed by atoms with Gasteiger partial charge in [0.25, 0.3) is 5.89 Å². The van der Waals surface area contributed by atoms with E-state index < -0.39 is 0 Å².